The highest BCUT2D eigenvalue weighted by Gasteiger charge is 2.12. The summed E-state index contributed by atoms with van der Waals surface area (Å²) in [5.74, 6) is -0.673. The van der Waals surface area contributed by atoms with Crippen LogP contribution in [0.2, 0.25) is 0 Å². The number of hydrazone groups is 1. The molecule has 0 aliphatic heterocycles. The van der Waals surface area contributed by atoms with Gasteiger partial charge in [0.05, 0.1) is 16.7 Å². The molecule has 0 aliphatic rings. The molecule has 0 spiro atoms. The molecule has 0 fully saturated rings. The molecule has 0 bridgehead atoms. The second-order valence-electron chi connectivity index (χ2n) is 4.53. The van der Waals surface area contributed by atoms with Crippen molar-refractivity contribution in [3.05, 3.63) is 74.2 Å². The number of amides is 1. The average Bonchev–Trinajstić information content (AvgIpc) is 2.55. The van der Waals surface area contributed by atoms with Crippen molar-refractivity contribution >= 4 is 17.8 Å². The smallest absolute Gasteiger partial charge is 0.278 e. The van der Waals surface area contributed by atoms with Gasteiger partial charge in [-0.15, -0.1) is 0 Å². The van der Waals surface area contributed by atoms with Crippen molar-refractivity contribution < 1.29 is 9.72 Å². The highest BCUT2D eigenvalue weighted by molar-refractivity contribution is 5.94. The van der Waals surface area contributed by atoms with Gasteiger partial charge in [-0.25, -0.2) is 5.43 Å². The Labute approximate surface area is 131 Å². The van der Waals surface area contributed by atoms with Crippen LogP contribution >= 0.6 is 0 Å². The van der Waals surface area contributed by atoms with E-state index in [1.807, 2.05) is 0 Å². The van der Waals surface area contributed by atoms with Crippen LogP contribution in [0.4, 0.5) is 5.69 Å². The van der Waals surface area contributed by atoms with E-state index in [1.54, 1.807) is 25.3 Å². The second kappa shape index (κ2) is 7.12. The highest BCUT2D eigenvalue weighted by Crippen LogP contribution is 2.14. The first-order chi connectivity index (χ1) is 11.0. The molecule has 0 saturated carbocycles. The number of benzene rings is 1. The molecule has 0 unspecified atom stereocenters. The average molecular weight is 314 g/mol. The zero-order chi connectivity index (χ0) is 16.8. The lowest BCUT2D eigenvalue weighted by Crippen LogP contribution is -2.30. The number of carbonyl (C=O) groups is 1. The van der Waals surface area contributed by atoms with Crippen LogP contribution in [0.15, 0.2) is 52.5 Å². The Kier molecular flexibility index (Phi) is 4.98. The lowest BCUT2D eigenvalue weighted by molar-refractivity contribution is -0.385. The van der Waals surface area contributed by atoms with E-state index in [0.717, 1.165) is 6.21 Å². The second-order valence-corrected chi connectivity index (χ2v) is 4.53. The molecule has 0 radical (unpaired) electrons. The molecular weight excluding hydrogens is 300 g/mol. The molecule has 2 aromatic rings. The molecule has 1 aromatic carbocycles. The fourth-order valence-electron chi connectivity index (χ4n) is 1.94. The Morgan fingerprint density at radius 2 is 2.09 bits per heavy atom. The van der Waals surface area contributed by atoms with Gasteiger partial charge in [0, 0.05) is 18.8 Å². The number of hydrogen-bond donors (Lipinski definition) is 1. The molecule has 0 atom stereocenters. The minimum Gasteiger partial charge on any atom is -0.315 e. The topological polar surface area (TPSA) is 107 Å². The summed E-state index contributed by atoms with van der Waals surface area (Å²) in [4.78, 5) is 34.3. The van der Waals surface area contributed by atoms with E-state index < -0.39 is 16.4 Å². The van der Waals surface area contributed by atoms with Crippen LogP contribution in [0, 0.1) is 10.1 Å². The van der Waals surface area contributed by atoms with E-state index in [1.165, 1.54) is 28.8 Å². The van der Waals surface area contributed by atoms with Crippen LogP contribution in [-0.4, -0.2) is 21.6 Å². The maximum Gasteiger partial charge on any atom is 0.278 e. The Morgan fingerprint density at radius 3 is 2.78 bits per heavy atom. The zero-order valence-corrected chi connectivity index (χ0v) is 12.3. The Bertz CT molecular complexity index is 826. The highest BCUT2D eigenvalue weighted by atomic mass is 16.6. The van der Waals surface area contributed by atoms with E-state index >= 15 is 0 Å². The van der Waals surface area contributed by atoms with Gasteiger partial charge in [0.15, 0.2) is 0 Å². The van der Waals surface area contributed by atoms with Crippen LogP contribution in [0.5, 0.6) is 0 Å². The van der Waals surface area contributed by atoms with Gasteiger partial charge in [-0.05, 0) is 25.1 Å². The molecule has 0 saturated heterocycles. The van der Waals surface area contributed by atoms with Crippen molar-refractivity contribution in [2.45, 2.75) is 13.5 Å². The molecule has 118 valence electrons. The number of aromatic nitrogens is 1. The van der Waals surface area contributed by atoms with Crippen LogP contribution in [-0.2, 0) is 6.54 Å². The summed E-state index contributed by atoms with van der Waals surface area (Å²) in [6, 6.07) is 8.97. The van der Waals surface area contributed by atoms with E-state index in [-0.39, 0.29) is 16.8 Å². The summed E-state index contributed by atoms with van der Waals surface area (Å²) in [5, 5.41) is 14.5. The summed E-state index contributed by atoms with van der Waals surface area (Å²) in [6.07, 6.45) is 2.74. The number of nitro benzene ring substituents is 1. The third kappa shape index (κ3) is 3.67. The van der Waals surface area contributed by atoms with Crippen LogP contribution < -0.4 is 11.0 Å². The fraction of sp³-hybridized carbons (Fsp3) is 0.133. The van der Waals surface area contributed by atoms with Crippen molar-refractivity contribution in [1.29, 1.82) is 0 Å². The van der Waals surface area contributed by atoms with E-state index in [9.17, 15) is 19.7 Å². The quantitative estimate of drug-likeness (QED) is 0.513. The van der Waals surface area contributed by atoms with Gasteiger partial charge in [0.25, 0.3) is 17.2 Å². The monoisotopic (exact) mass is 314 g/mol. The Hall–Kier alpha value is -3.29. The fourth-order valence-corrected chi connectivity index (χ4v) is 1.94. The first-order valence-corrected chi connectivity index (χ1v) is 6.81. The standard InChI is InChI=1S/C15H14N4O4/c1-2-18-9-5-7-12(15(18)21)14(20)17-16-10-11-6-3-4-8-13(11)19(22)23/h3-10H,2H2,1H3,(H,17,20)/b16-10-. The predicted molar refractivity (Wildman–Crippen MR) is 84.5 cm³/mol. The molecule has 1 aromatic heterocycles. The number of pyridine rings is 1. The van der Waals surface area contributed by atoms with Gasteiger partial charge in [-0.3, -0.25) is 19.7 Å². The Morgan fingerprint density at radius 1 is 1.35 bits per heavy atom. The maximum absolute atomic E-state index is 12.0. The molecule has 1 heterocycles. The number of para-hydroxylation sites is 1. The number of hydrogen-bond acceptors (Lipinski definition) is 5. The van der Waals surface area contributed by atoms with Crippen molar-refractivity contribution in [2.75, 3.05) is 0 Å². The number of aryl methyl sites for hydroxylation is 1. The number of nitrogens with one attached hydrogen (secondary N) is 1. The molecule has 23 heavy (non-hydrogen) atoms. The molecule has 0 aliphatic carbocycles. The molecule has 8 heteroatoms. The van der Waals surface area contributed by atoms with Crippen molar-refractivity contribution in [3.8, 4) is 0 Å². The van der Waals surface area contributed by atoms with Crippen molar-refractivity contribution in [1.82, 2.24) is 9.99 Å². The first kappa shape index (κ1) is 16.1. The molecule has 1 amide bonds. The van der Waals surface area contributed by atoms with Gasteiger partial charge in [-0.2, -0.15) is 5.10 Å². The van der Waals surface area contributed by atoms with Crippen molar-refractivity contribution in [3.63, 3.8) is 0 Å². The number of rotatable bonds is 5. The van der Waals surface area contributed by atoms with E-state index in [0.29, 0.717) is 6.54 Å². The molecule has 1 N–H and O–H groups in total. The largest absolute Gasteiger partial charge is 0.315 e. The minimum atomic E-state index is -0.673. The third-order valence-corrected chi connectivity index (χ3v) is 3.11. The summed E-state index contributed by atoms with van der Waals surface area (Å²) in [6.45, 7) is 2.23. The Balaban J connectivity index is 2.17. The van der Waals surface area contributed by atoms with Crippen LogP contribution in [0.1, 0.15) is 22.8 Å². The summed E-state index contributed by atoms with van der Waals surface area (Å²) in [7, 11) is 0. The lowest BCUT2D eigenvalue weighted by Gasteiger charge is -2.04. The van der Waals surface area contributed by atoms with Gasteiger partial charge in [-0.1, -0.05) is 12.1 Å². The SMILES string of the molecule is CCn1cccc(C(=O)N/N=C\c2ccccc2[N+](=O)[O-])c1=O. The van der Waals surface area contributed by atoms with Gasteiger partial charge in [0.1, 0.15) is 5.56 Å². The van der Waals surface area contributed by atoms with Gasteiger partial charge < -0.3 is 4.57 Å². The third-order valence-electron chi connectivity index (χ3n) is 3.11. The van der Waals surface area contributed by atoms with Gasteiger partial charge >= 0.3 is 0 Å². The number of carbonyl (C=O) groups excluding carboxylic acids is 1. The lowest BCUT2D eigenvalue weighted by atomic mass is 10.2. The number of nitrogens with zero attached hydrogens (tertiary/aromatic N) is 3. The molecule has 8 nitrogen and oxygen atoms in total. The van der Waals surface area contributed by atoms with Crippen LogP contribution in [0.25, 0.3) is 0 Å². The first-order valence-electron chi connectivity index (χ1n) is 6.81. The van der Waals surface area contributed by atoms with Crippen molar-refractivity contribution in [2.24, 2.45) is 5.10 Å². The van der Waals surface area contributed by atoms with E-state index in [4.69, 9.17) is 0 Å². The summed E-state index contributed by atoms with van der Waals surface area (Å²) in [5.41, 5.74) is 1.85. The van der Waals surface area contributed by atoms with E-state index in [2.05, 4.69) is 10.5 Å². The maximum atomic E-state index is 12.0. The van der Waals surface area contributed by atoms with Gasteiger partial charge in [0.2, 0.25) is 0 Å². The van der Waals surface area contributed by atoms with Crippen LogP contribution in [0.3, 0.4) is 0 Å². The summed E-state index contributed by atoms with van der Waals surface area (Å²) >= 11 is 0. The summed E-state index contributed by atoms with van der Waals surface area (Å²) < 4.78 is 1.39. The number of nitro groups is 1. The zero-order valence-electron chi connectivity index (χ0n) is 12.3. The minimum absolute atomic E-state index is 0.0472. The predicted octanol–water partition coefficient (Wildman–Crippen LogP) is 1.54. The molecule has 2 rings (SSSR count). The molecular formula is C15H14N4O4. The normalized spacial score (nSPS) is 10.7.